The van der Waals surface area contributed by atoms with Crippen LogP contribution < -0.4 is 10.6 Å². The number of aromatic amines is 1. The molecule has 4 rings (SSSR count). The molecular formula is C33H36N4O6. The van der Waals surface area contributed by atoms with Crippen LogP contribution in [0.1, 0.15) is 62.5 Å². The van der Waals surface area contributed by atoms with Gasteiger partial charge in [0.05, 0.1) is 17.5 Å². The van der Waals surface area contributed by atoms with Gasteiger partial charge in [0.1, 0.15) is 0 Å². The minimum Gasteiger partial charge on any atom is -0.481 e. The molecule has 0 saturated heterocycles. The first-order valence-corrected chi connectivity index (χ1v) is 14.0. The Morgan fingerprint density at radius 2 is 1.47 bits per heavy atom. The molecule has 224 valence electrons. The number of carboxylic acids is 2. The molecule has 43 heavy (non-hydrogen) atoms. The number of nitrogens with zero attached hydrogens (tertiary/aromatic N) is 1. The number of carboxylic acid groups (broad SMARTS) is 2. The minimum atomic E-state index is -0.923. The summed E-state index contributed by atoms with van der Waals surface area (Å²) < 4.78 is 0. The molecule has 0 saturated carbocycles. The van der Waals surface area contributed by atoms with E-state index in [1.54, 1.807) is 19.1 Å². The van der Waals surface area contributed by atoms with Gasteiger partial charge in [0, 0.05) is 53.1 Å². The van der Waals surface area contributed by atoms with E-state index >= 15 is 0 Å². The Kier molecular flexibility index (Phi) is 8.99. The summed E-state index contributed by atoms with van der Waals surface area (Å²) >= 11 is 0. The number of aliphatic imine (C=N–C) groups is 1. The van der Waals surface area contributed by atoms with Gasteiger partial charge in [-0.15, -0.1) is 0 Å². The number of carbonyl (C=O) groups excluding carboxylic acids is 2. The van der Waals surface area contributed by atoms with Crippen molar-refractivity contribution in [3.05, 3.63) is 98.7 Å². The van der Waals surface area contributed by atoms with Crippen molar-refractivity contribution in [2.75, 3.05) is 0 Å². The van der Waals surface area contributed by atoms with Crippen molar-refractivity contribution in [3.63, 3.8) is 0 Å². The van der Waals surface area contributed by atoms with Crippen LogP contribution >= 0.6 is 0 Å². The highest BCUT2D eigenvalue weighted by molar-refractivity contribution is 6.13. The number of nitrogens with one attached hydrogen (secondary N) is 3. The highest BCUT2D eigenvalue weighted by atomic mass is 16.4. The van der Waals surface area contributed by atoms with E-state index in [-0.39, 0.29) is 31.1 Å². The molecule has 3 aliphatic heterocycles. The molecule has 0 unspecified atom stereocenters. The van der Waals surface area contributed by atoms with Crippen LogP contribution in [0, 0.1) is 6.92 Å². The lowest BCUT2D eigenvalue weighted by Gasteiger charge is -2.14. The Hall–Kier alpha value is -4.99. The zero-order chi connectivity index (χ0) is 31.6. The van der Waals surface area contributed by atoms with Crippen molar-refractivity contribution in [1.82, 2.24) is 15.6 Å². The van der Waals surface area contributed by atoms with Crippen LogP contribution in [0.15, 0.2) is 81.2 Å². The largest absolute Gasteiger partial charge is 0.481 e. The lowest BCUT2D eigenvalue weighted by atomic mass is 9.93. The molecule has 5 N–H and O–H groups in total. The third-order valence-corrected chi connectivity index (χ3v) is 8.23. The molecule has 10 heteroatoms. The average molecular weight is 585 g/mol. The number of aromatic nitrogens is 1. The summed E-state index contributed by atoms with van der Waals surface area (Å²) in [6, 6.07) is -0.398. The van der Waals surface area contributed by atoms with E-state index in [9.17, 15) is 29.4 Å². The molecule has 0 bridgehead atoms. The van der Waals surface area contributed by atoms with Gasteiger partial charge in [-0.2, -0.15) is 0 Å². The maximum absolute atomic E-state index is 12.3. The lowest BCUT2D eigenvalue weighted by Crippen LogP contribution is -2.16. The average Bonchev–Trinajstić information content (AvgIpc) is 3.59. The van der Waals surface area contributed by atoms with Gasteiger partial charge in [0.15, 0.2) is 0 Å². The fourth-order valence-electron chi connectivity index (χ4n) is 5.72. The molecule has 0 aromatic carbocycles. The first kappa shape index (κ1) is 31.0. The summed E-state index contributed by atoms with van der Waals surface area (Å²) in [7, 11) is 0. The lowest BCUT2D eigenvalue weighted by molar-refractivity contribution is -0.138. The summed E-state index contributed by atoms with van der Waals surface area (Å²) in [4.78, 5) is 56.0. The van der Waals surface area contributed by atoms with E-state index in [1.165, 1.54) is 6.08 Å². The van der Waals surface area contributed by atoms with Crippen LogP contribution in [0.4, 0.5) is 0 Å². The van der Waals surface area contributed by atoms with Crippen LogP contribution in [0.2, 0.25) is 0 Å². The van der Waals surface area contributed by atoms with E-state index in [0.29, 0.717) is 46.7 Å². The molecule has 1 aromatic heterocycles. The Morgan fingerprint density at radius 3 is 2.07 bits per heavy atom. The monoisotopic (exact) mass is 584 g/mol. The highest BCUT2D eigenvalue weighted by Crippen LogP contribution is 2.33. The molecule has 0 spiro atoms. The Balaban J connectivity index is 1.76. The maximum atomic E-state index is 12.3. The number of rotatable bonds is 12. The van der Waals surface area contributed by atoms with Crippen LogP contribution in [0.25, 0.3) is 6.08 Å². The van der Waals surface area contributed by atoms with Crippen molar-refractivity contribution < 1.29 is 29.4 Å². The number of hydrogen-bond acceptors (Lipinski definition) is 5. The number of allylic oxidation sites excluding steroid dienone is 4. The second-order valence-corrected chi connectivity index (χ2v) is 10.8. The van der Waals surface area contributed by atoms with Crippen molar-refractivity contribution >= 4 is 35.5 Å². The van der Waals surface area contributed by atoms with Gasteiger partial charge in [0.2, 0.25) is 0 Å². The first-order valence-electron chi connectivity index (χ1n) is 14.0. The second kappa shape index (κ2) is 12.5. The van der Waals surface area contributed by atoms with Gasteiger partial charge >= 0.3 is 11.9 Å². The fraction of sp³-hybridized carbons (Fsp3) is 0.303. The number of aliphatic carboxylic acids is 2. The minimum absolute atomic E-state index is 0.0679. The normalized spacial score (nSPS) is 20.4. The Labute approximate surface area is 250 Å². The Morgan fingerprint density at radius 1 is 0.837 bits per heavy atom. The van der Waals surface area contributed by atoms with Crippen LogP contribution in [0.3, 0.4) is 0 Å². The molecule has 2 amide bonds. The van der Waals surface area contributed by atoms with E-state index in [2.05, 4.69) is 28.8 Å². The summed E-state index contributed by atoms with van der Waals surface area (Å²) in [5.74, 6) is -2.29. The van der Waals surface area contributed by atoms with E-state index in [4.69, 9.17) is 4.99 Å². The molecule has 1 atom stereocenters. The SMILES string of the molecule is C=CC1=C(C)/C(=C/C2=N[C@@H](Cc3[nH]c(/C=C4\NC(=O)C(C)=C4C=C)c(C)c3CCC(=O)O)C(CCC(=O)O)=C2C)NC1=O. The molecular weight excluding hydrogens is 548 g/mol. The third-order valence-electron chi connectivity index (χ3n) is 8.23. The predicted molar refractivity (Wildman–Crippen MR) is 164 cm³/mol. The van der Waals surface area contributed by atoms with E-state index in [1.807, 2.05) is 26.8 Å². The van der Waals surface area contributed by atoms with Gasteiger partial charge in [-0.05, 0) is 80.5 Å². The maximum Gasteiger partial charge on any atom is 0.303 e. The predicted octanol–water partition coefficient (Wildman–Crippen LogP) is 4.38. The number of hydrogen-bond donors (Lipinski definition) is 5. The summed E-state index contributed by atoms with van der Waals surface area (Å²) in [6.45, 7) is 14.9. The van der Waals surface area contributed by atoms with Crippen molar-refractivity contribution in [2.45, 2.75) is 65.8 Å². The topological polar surface area (TPSA) is 161 Å². The van der Waals surface area contributed by atoms with Gasteiger partial charge in [-0.1, -0.05) is 25.3 Å². The van der Waals surface area contributed by atoms with E-state index < -0.39 is 18.0 Å². The van der Waals surface area contributed by atoms with Crippen LogP contribution in [0.5, 0.6) is 0 Å². The van der Waals surface area contributed by atoms with Gasteiger partial charge in [-0.25, -0.2) is 0 Å². The fourth-order valence-corrected chi connectivity index (χ4v) is 5.72. The molecule has 0 aliphatic carbocycles. The first-order chi connectivity index (χ1) is 20.4. The van der Waals surface area contributed by atoms with Gasteiger partial charge in [0.25, 0.3) is 11.8 Å². The van der Waals surface area contributed by atoms with Gasteiger partial charge in [-0.3, -0.25) is 24.2 Å². The molecule has 0 fully saturated rings. The molecule has 0 radical (unpaired) electrons. The van der Waals surface area contributed by atoms with Crippen molar-refractivity contribution in [3.8, 4) is 0 Å². The summed E-state index contributed by atoms with van der Waals surface area (Å²) in [5, 5.41) is 24.6. The number of amides is 2. The summed E-state index contributed by atoms with van der Waals surface area (Å²) in [6.07, 6.45) is 7.58. The number of carbonyl (C=O) groups is 4. The van der Waals surface area contributed by atoms with Crippen LogP contribution in [-0.2, 0) is 32.0 Å². The third kappa shape index (κ3) is 6.28. The molecule has 4 heterocycles. The molecule has 10 nitrogen and oxygen atoms in total. The second-order valence-electron chi connectivity index (χ2n) is 10.8. The highest BCUT2D eigenvalue weighted by Gasteiger charge is 2.30. The van der Waals surface area contributed by atoms with E-state index in [0.717, 1.165) is 39.2 Å². The number of H-pyrrole nitrogens is 1. The van der Waals surface area contributed by atoms with Crippen LogP contribution in [-0.4, -0.2) is 50.7 Å². The van der Waals surface area contributed by atoms with Gasteiger partial charge < -0.3 is 25.8 Å². The molecule has 1 aromatic rings. The Bertz CT molecular complexity index is 1660. The zero-order valence-electron chi connectivity index (χ0n) is 24.8. The molecule has 3 aliphatic rings. The smallest absolute Gasteiger partial charge is 0.303 e. The quantitative estimate of drug-likeness (QED) is 0.245. The summed E-state index contributed by atoms with van der Waals surface area (Å²) in [5.41, 5.74) is 9.29. The standard InChI is InChI=1S/C33H36N4O6/c1-7-20-19(6)32(42)37-27(20)14-25-18(5)23(10-12-31(40)41)29(35-25)15-28-22(9-11-30(38)39)17(4)24(34-28)13-26-16(3)21(8-2)33(43)36-26/h7-8,13-14,28,35H,1-2,9-12,15H2,3-6H3,(H,36,43)(H,37,42)(H,38,39)(H,40,41)/b26-13-,27-14-/t28-/m0/s1. The zero-order valence-corrected chi connectivity index (χ0v) is 24.8. The van der Waals surface area contributed by atoms with Crippen molar-refractivity contribution in [2.24, 2.45) is 4.99 Å². The van der Waals surface area contributed by atoms with Crippen molar-refractivity contribution in [1.29, 1.82) is 0 Å².